The highest BCUT2D eigenvalue weighted by Crippen LogP contribution is 2.24. The Bertz CT molecular complexity index is 498. The molecule has 1 N–H and O–H groups in total. The molecule has 0 bridgehead atoms. The second-order valence-corrected chi connectivity index (χ2v) is 7.13. The van der Waals surface area contributed by atoms with Gasteiger partial charge in [0.1, 0.15) is 5.60 Å². The van der Waals surface area contributed by atoms with Crippen LogP contribution >= 0.6 is 0 Å². The van der Waals surface area contributed by atoms with E-state index in [-0.39, 0.29) is 7.48 Å². The molecule has 0 aliphatic carbocycles. The van der Waals surface area contributed by atoms with Gasteiger partial charge in [-0.2, -0.15) is 9.78 Å². The summed E-state index contributed by atoms with van der Waals surface area (Å²) in [4.78, 5) is 11.8. The van der Waals surface area contributed by atoms with E-state index in [1.54, 1.807) is 47.0 Å². The SMILES string of the molecule is CC(C)(C)OC(=O)n1cc(BOC(C)(C)C(C)(C)O)cn1. The molecule has 0 aromatic carbocycles. The Hall–Kier alpha value is -1.34. The maximum absolute atomic E-state index is 11.8. The lowest BCUT2D eigenvalue weighted by Gasteiger charge is -2.37. The summed E-state index contributed by atoms with van der Waals surface area (Å²) >= 11 is 0. The van der Waals surface area contributed by atoms with Crippen LogP contribution in [0.3, 0.4) is 0 Å². The van der Waals surface area contributed by atoms with Gasteiger partial charge in [-0.15, -0.1) is 0 Å². The third kappa shape index (κ3) is 5.17. The topological polar surface area (TPSA) is 73.6 Å². The third-order valence-corrected chi connectivity index (χ3v) is 3.29. The minimum Gasteiger partial charge on any atom is -0.442 e. The fraction of sp³-hybridized carbons (Fsp3) is 0.714. The summed E-state index contributed by atoms with van der Waals surface area (Å²) in [5.74, 6) is 0. The van der Waals surface area contributed by atoms with Gasteiger partial charge >= 0.3 is 13.6 Å². The van der Waals surface area contributed by atoms with Gasteiger partial charge in [-0.3, -0.25) is 0 Å². The number of nitrogens with zero attached hydrogens (tertiary/aromatic N) is 2. The number of carbonyl (C=O) groups excluding carboxylic acids is 1. The van der Waals surface area contributed by atoms with Crippen molar-refractivity contribution in [1.29, 1.82) is 0 Å². The number of aliphatic hydroxyl groups is 1. The molecule has 0 spiro atoms. The van der Waals surface area contributed by atoms with Gasteiger partial charge in [0, 0.05) is 12.4 Å². The van der Waals surface area contributed by atoms with Crippen molar-refractivity contribution in [3.63, 3.8) is 0 Å². The average Bonchev–Trinajstić information content (AvgIpc) is 2.71. The Morgan fingerprint density at radius 2 is 1.81 bits per heavy atom. The molecule has 7 heteroatoms. The number of carbonyl (C=O) groups is 1. The van der Waals surface area contributed by atoms with E-state index >= 15 is 0 Å². The van der Waals surface area contributed by atoms with Gasteiger partial charge in [-0.1, -0.05) is 0 Å². The first-order chi connectivity index (χ1) is 9.32. The summed E-state index contributed by atoms with van der Waals surface area (Å²) in [6, 6.07) is 0. The molecule has 118 valence electrons. The Morgan fingerprint density at radius 3 is 2.29 bits per heavy atom. The number of hydrogen-bond acceptors (Lipinski definition) is 5. The molecule has 0 amide bonds. The summed E-state index contributed by atoms with van der Waals surface area (Å²) in [7, 11) is 0.250. The first-order valence-electron chi connectivity index (χ1n) is 6.95. The lowest BCUT2D eigenvalue weighted by atomic mass is 9.84. The standard InChI is InChI=1S/C14H25BN2O4/c1-12(2,3)20-11(18)17-9-10(8-16-17)15-21-14(6,7)13(4,5)19/h8-9,15,19H,1-7H3. The maximum Gasteiger partial charge on any atom is 0.435 e. The zero-order valence-electron chi connectivity index (χ0n) is 13.9. The van der Waals surface area contributed by atoms with E-state index in [0.717, 1.165) is 10.1 Å². The molecular weight excluding hydrogens is 271 g/mol. The smallest absolute Gasteiger partial charge is 0.435 e. The van der Waals surface area contributed by atoms with Crippen LogP contribution in [-0.4, -0.2) is 45.3 Å². The van der Waals surface area contributed by atoms with E-state index in [0.29, 0.717) is 0 Å². The van der Waals surface area contributed by atoms with Crippen molar-refractivity contribution in [2.24, 2.45) is 0 Å². The normalized spacial score (nSPS) is 13.1. The van der Waals surface area contributed by atoms with E-state index < -0.39 is 22.9 Å². The van der Waals surface area contributed by atoms with Gasteiger partial charge in [-0.25, -0.2) is 4.79 Å². The minimum atomic E-state index is -0.978. The van der Waals surface area contributed by atoms with Crippen LogP contribution in [0.1, 0.15) is 48.5 Å². The summed E-state index contributed by atoms with van der Waals surface area (Å²) < 4.78 is 12.1. The molecule has 1 aromatic rings. The first-order valence-corrected chi connectivity index (χ1v) is 6.95. The average molecular weight is 296 g/mol. The van der Waals surface area contributed by atoms with Gasteiger partial charge in [0.25, 0.3) is 0 Å². The summed E-state index contributed by atoms with van der Waals surface area (Å²) in [5, 5.41) is 14.0. The van der Waals surface area contributed by atoms with Gasteiger partial charge in [0.05, 0.1) is 11.2 Å². The van der Waals surface area contributed by atoms with Gasteiger partial charge in [0.15, 0.2) is 0 Å². The lowest BCUT2D eigenvalue weighted by molar-refractivity contribution is -0.0893. The van der Waals surface area contributed by atoms with Gasteiger partial charge in [-0.05, 0) is 53.9 Å². The van der Waals surface area contributed by atoms with E-state index in [2.05, 4.69) is 5.10 Å². The van der Waals surface area contributed by atoms with Crippen molar-refractivity contribution in [2.45, 2.75) is 65.3 Å². The van der Waals surface area contributed by atoms with Crippen LogP contribution in [0.4, 0.5) is 4.79 Å². The highest BCUT2D eigenvalue weighted by atomic mass is 16.6. The molecule has 1 heterocycles. The predicted molar refractivity (Wildman–Crippen MR) is 82.1 cm³/mol. The van der Waals surface area contributed by atoms with Gasteiger partial charge in [0.2, 0.25) is 0 Å². The van der Waals surface area contributed by atoms with Crippen LogP contribution in [0.2, 0.25) is 0 Å². The van der Waals surface area contributed by atoms with Crippen LogP contribution < -0.4 is 5.46 Å². The van der Waals surface area contributed by atoms with E-state index in [9.17, 15) is 9.90 Å². The second-order valence-electron chi connectivity index (χ2n) is 7.13. The lowest BCUT2D eigenvalue weighted by Crippen LogP contribution is -2.49. The zero-order valence-corrected chi connectivity index (χ0v) is 13.9. The second kappa shape index (κ2) is 5.81. The van der Waals surface area contributed by atoms with Crippen LogP contribution in [0.5, 0.6) is 0 Å². The summed E-state index contributed by atoms with van der Waals surface area (Å²) in [5.41, 5.74) is -1.53. The molecule has 21 heavy (non-hydrogen) atoms. The number of ether oxygens (including phenoxy) is 1. The highest BCUT2D eigenvalue weighted by molar-refractivity contribution is 6.46. The molecule has 0 fully saturated rings. The van der Waals surface area contributed by atoms with Crippen LogP contribution in [0.15, 0.2) is 12.4 Å². The van der Waals surface area contributed by atoms with Crippen molar-refractivity contribution < 1.29 is 19.3 Å². The number of aromatic nitrogens is 2. The molecule has 0 saturated carbocycles. The third-order valence-electron chi connectivity index (χ3n) is 3.29. The molecule has 1 aromatic heterocycles. The van der Waals surface area contributed by atoms with E-state index in [4.69, 9.17) is 9.39 Å². The van der Waals surface area contributed by atoms with Crippen molar-refractivity contribution in [2.75, 3.05) is 0 Å². The molecule has 0 unspecified atom stereocenters. The Morgan fingerprint density at radius 1 is 1.24 bits per heavy atom. The number of rotatable bonds is 4. The van der Waals surface area contributed by atoms with Crippen molar-refractivity contribution in [3.05, 3.63) is 12.4 Å². The van der Waals surface area contributed by atoms with Crippen LogP contribution in [0.25, 0.3) is 0 Å². The molecule has 6 nitrogen and oxygen atoms in total. The summed E-state index contributed by atoms with van der Waals surface area (Å²) in [6.07, 6.45) is 2.58. The van der Waals surface area contributed by atoms with Crippen molar-refractivity contribution in [3.8, 4) is 0 Å². The summed E-state index contributed by atoms with van der Waals surface area (Å²) in [6.45, 7) is 12.4. The number of hydrogen-bond donors (Lipinski definition) is 1. The molecule has 0 saturated heterocycles. The van der Waals surface area contributed by atoms with Crippen molar-refractivity contribution in [1.82, 2.24) is 9.78 Å². The van der Waals surface area contributed by atoms with Crippen molar-refractivity contribution >= 4 is 19.0 Å². The van der Waals surface area contributed by atoms with E-state index in [1.165, 1.54) is 0 Å². The molecule has 0 atom stereocenters. The maximum atomic E-state index is 11.8. The van der Waals surface area contributed by atoms with Crippen LogP contribution in [-0.2, 0) is 9.39 Å². The van der Waals surface area contributed by atoms with E-state index in [1.807, 2.05) is 13.8 Å². The fourth-order valence-corrected chi connectivity index (χ4v) is 1.28. The quantitative estimate of drug-likeness (QED) is 0.845. The molecular formula is C14H25BN2O4. The zero-order chi connectivity index (χ0) is 16.5. The molecule has 0 aliphatic heterocycles. The minimum absolute atomic E-state index is 0.250. The Labute approximate surface area is 126 Å². The molecule has 0 aliphatic rings. The first kappa shape index (κ1) is 17.7. The predicted octanol–water partition coefficient (Wildman–Crippen LogP) is 1.21. The largest absolute Gasteiger partial charge is 0.442 e. The monoisotopic (exact) mass is 296 g/mol. The Balaban J connectivity index is 2.67. The Kier molecular flexibility index (Phi) is 4.90. The molecule has 1 rings (SSSR count). The van der Waals surface area contributed by atoms with Gasteiger partial charge < -0.3 is 14.5 Å². The van der Waals surface area contributed by atoms with Crippen LogP contribution in [0, 0.1) is 0 Å². The highest BCUT2D eigenvalue weighted by Gasteiger charge is 2.35. The fourth-order valence-electron chi connectivity index (χ4n) is 1.28. The molecule has 0 radical (unpaired) electrons.